The first-order valence-corrected chi connectivity index (χ1v) is 6.23. The molecule has 1 aromatic rings. The van der Waals surface area contributed by atoms with Gasteiger partial charge in [-0.05, 0) is 37.8 Å². The number of hydrogen-bond donors (Lipinski definition) is 1. The molecule has 2 N–H and O–H groups in total. The molecule has 0 unspecified atom stereocenters. The Morgan fingerprint density at radius 1 is 1.22 bits per heavy atom. The fraction of sp³-hybridized carbons (Fsp3) is 0.500. The average Bonchev–Trinajstić information content (AvgIpc) is 2.41. The topological polar surface area (TPSA) is 68.3 Å². The lowest BCUT2D eigenvalue weighted by Crippen LogP contribution is -2.31. The molecule has 0 spiro atoms. The molecular formula is C14H18N2O2. The minimum Gasteiger partial charge on any atom is -0.493 e. The van der Waals surface area contributed by atoms with Crippen LogP contribution in [0, 0.1) is 11.3 Å². The number of nitriles is 1. The molecule has 1 fully saturated rings. The van der Waals surface area contributed by atoms with Crippen LogP contribution in [0.2, 0.25) is 0 Å². The highest BCUT2D eigenvalue weighted by atomic mass is 16.5. The van der Waals surface area contributed by atoms with Gasteiger partial charge in [0.2, 0.25) is 0 Å². The fourth-order valence-electron chi connectivity index (χ4n) is 2.22. The summed E-state index contributed by atoms with van der Waals surface area (Å²) >= 11 is 0. The monoisotopic (exact) mass is 246 g/mol. The molecule has 0 saturated heterocycles. The highest BCUT2D eigenvalue weighted by Gasteiger charge is 2.21. The summed E-state index contributed by atoms with van der Waals surface area (Å²) in [5.41, 5.74) is 6.44. The van der Waals surface area contributed by atoms with Crippen molar-refractivity contribution in [3.8, 4) is 17.6 Å². The van der Waals surface area contributed by atoms with Crippen LogP contribution >= 0.6 is 0 Å². The Labute approximate surface area is 107 Å². The van der Waals surface area contributed by atoms with Gasteiger partial charge in [0.25, 0.3) is 0 Å². The average molecular weight is 246 g/mol. The van der Waals surface area contributed by atoms with E-state index in [-0.39, 0.29) is 6.10 Å². The Hall–Kier alpha value is -1.73. The largest absolute Gasteiger partial charge is 0.493 e. The van der Waals surface area contributed by atoms with E-state index in [9.17, 15) is 0 Å². The maximum Gasteiger partial charge on any atom is 0.162 e. The Kier molecular flexibility index (Phi) is 4.06. The lowest BCUT2D eigenvalue weighted by Gasteiger charge is -2.27. The number of rotatable bonds is 3. The van der Waals surface area contributed by atoms with Crippen LogP contribution in [0.3, 0.4) is 0 Å². The summed E-state index contributed by atoms with van der Waals surface area (Å²) in [5, 5.41) is 8.84. The van der Waals surface area contributed by atoms with Crippen molar-refractivity contribution in [3.63, 3.8) is 0 Å². The molecule has 4 heteroatoms. The van der Waals surface area contributed by atoms with Gasteiger partial charge in [-0.2, -0.15) is 5.26 Å². The van der Waals surface area contributed by atoms with Gasteiger partial charge in [-0.25, -0.2) is 0 Å². The molecule has 0 amide bonds. The molecule has 0 bridgehead atoms. The van der Waals surface area contributed by atoms with Crippen molar-refractivity contribution in [2.75, 3.05) is 7.11 Å². The van der Waals surface area contributed by atoms with Crippen molar-refractivity contribution in [1.82, 2.24) is 0 Å². The number of nitrogens with two attached hydrogens (primary N) is 1. The van der Waals surface area contributed by atoms with Crippen LogP contribution in [-0.4, -0.2) is 19.3 Å². The highest BCUT2D eigenvalue weighted by Crippen LogP contribution is 2.31. The minimum atomic E-state index is 0.201. The summed E-state index contributed by atoms with van der Waals surface area (Å²) in [5.74, 6) is 1.32. The molecule has 0 aromatic heterocycles. The Morgan fingerprint density at radius 3 is 2.56 bits per heavy atom. The van der Waals surface area contributed by atoms with Crippen molar-refractivity contribution in [2.24, 2.45) is 5.73 Å². The number of hydrogen-bond acceptors (Lipinski definition) is 4. The third-order valence-corrected chi connectivity index (χ3v) is 3.31. The van der Waals surface area contributed by atoms with Crippen LogP contribution in [-0.2, 0) is 0 Å². The summed E-state index contributed by atoms with van der Waals surface area (Å²) in [6, 6.07) is 7.64. The molecule has 1 aliphatic carbocycles. The van der Waals surface area contributed by atoms with Crippen molar-refractivity contribution in [3.05, 3.63) is 23.8 Å². The van der Waals surface area contributed by atoms with Crippen LogP contribution < -0.4 is 15.2 Å². The first-order chi connectivity index (χ1) is 8.72. The number of benzene rings is 1. The summed E-state index contributed by atoms with van der Waals surface area (Å²) in [7, 11) is 1.58. The maximum atomic E-state index is 8.84. The molecule has 1 aromatic carbocycles. The van der Waals surface area contributed by atoms with Gasteiger partial charge in [0.05, 0.1) is 24.8 Å². The van der Waals surface area contributed by atoms with Gasteiger partial charge in [-0.1, -0.05) is 0 Å². The molecule has 4 nitrogen and oxygen atoms in total. The van der Waals surface area contributed by atoms with E-state index in [4.69, 9.17) is 20.5 Å². The predicted molar refractivity (Wildman–Crippen MR) is 68.6 cm³/mol. The maximum absolute atomic E-state index is 8.84. The van der Waals surface area contributed by atoms with Gasteiger partial charge in [0, 0.05) is 12.1 Å². The zero-order valence-corrected chi connectivity index (χ0v) is 10.6. The van der Waals surface area contributed by atoms with Crippen LogP contribution in [0.1, 0.15) is 31.2 Å². The number of ether oxygens (including phenoxy) is 2. The molecule has 2 rings (SSSR count). The molecule has 0 radical (unpaired) electrons. The standard InChI is InChI=1S/C14H18N2O2/c1-17-14-8-10(9-15)2-7-13(14)18-12-5-3-11(16)4-6-12/h2,7-8,11-12H,3-6,16H2,1H3. The Balaban J connectivity index is 2.07. The zero-order chi connectivity index (χ0) is 13.0. The summed E-state index contributed by atoms with van der Waals surface area (Å²) < 4.78 is 11.2. The molecule has 1 saturated carbocycles. The van der Waals surface area contributed by atoms with E-state index >= 15 is 0 Å². The third kappa shape index (κ3) is 2.93. The van der Waals surface area contributed by atoms with E-state index in [0.29, 0.717) is 23.1 Å². The quantitative estimate of drug-likeness (QED) is 0.887. The predicted octanol–water partition coefficient (Wildman–Crippen LogP) is 2.22. The second kappa shape index (κ2) is 5.74. The van der Waals surface area contributed by atoms with Crippen LogP contribution in [0.5, 0.6) is 11.5 Å². The Morgan fingerprint density at radius 2 is 1.94 bits per heavy atom. The molecule has 0 atom stereocenters. The van der Waals surface area contributed by atoms with Crippen LogP contribution in [0.4, 0.5) is 0 Å². The lowest BCUT2D eigenvalue weighted by molar-refractivity contribution is 0.142. The van der Waals surface area contributed by atoms with Gasteiger partial charge < -0.3 is 15.2 Å². The van der Waals surface area contributed by atoms with Crippen molar-refractivity contribution >= 4 is 0 Å². The zero-order valence-electron chi connectivity index (χ0n) is 10.6. The van der Waals surface area contributed by atoms with Crippen LogP contribution in [0.15, 0.2) is 18.2 Å². The molecule has 0 aliphatic heterocycles. The SMILES string of the molecule is COc1cc(C#N)ccc1OC1CCC(N)CC1. The van der Waals surface area contributed by atoms with Crippen molar-refractivity contribution in [1.29, 1.82) is 5.26 Å². The second-order valence-electron chi connectivity index (χ2n) is 4.63. The van der Waals surface area contributed by atoms with E-state index < -0.39 is 0 Å². The van der Waals surface area contributed by atoms with Gasteiger partial charge in [0.15, 0.2) is 11.5 Å². The van der Waals surface area contributed by atoms with Crippen molar-refractivity contribution in [2.45, 2.75) is 37.8 Å². The minimum absolute atomic E-state index is 0.201. The Bertz CT molecular complexity index is 446. The summed E-state index contributed by atoms with van der Waals surface area (Å²) in [4.78, 5) is 0. The van der Waals surface area contributed by atoms with Gasteiger partial charge in [-0.15, -0.1) is 0 Å². The lowest BCUT2D eigenvalue weighted by atomic mass is 9.94. The smallest absolute Gasteiger partial charge is 0.162 e. The van der Waals surface area contributed by atoms with E-state index in [2.05, 4.69) is 6.07 Å². The van der Waals surface area contributed by atoms with E-state index in [0.717, 1.165) is 25.7 Å². The molecular weight excluding hydrogens is 228 g/mol. The molecule has 1 aliphatic rings. The van der Waals surface area contributed by atoms with E-state index in [1.54, 1.807) is 25.3 Å². The second-order valence-corrected chi connectivity index (χ2v) is 4.63. The molecule has 96 valence electrons. The summed E-state index contributed by atoms with van der Waals surface area (Å²) in [6.07, 6.45) is 4.16. The van der Waals surface area contributed by atoms with Gasteiger partial charge in [0.1, 0.15) is 0 Å². The van der Waals surface area contributed by atoms with Gasteiger partial charge in [-0.3, -0.25) is 0 Å². The molecule has 18 heavy (non-hydrogen) atoms. The molecule has 0 heterocycles. The first-order valence-electron chi connectivity index (χ1n) is 6.23. The highest BCUT2D eigenvalue weighted by molar-refractivity contribution is 5.46. The number of nitrogens with zero attached hydrogens (tertiary/aromatic N) is 1. The van der Waals surface area contributed by atoms with Crippen molar-refractivity contribution < 1.29 is 9.47 Å². The third-order valence-electron chi connectivity index (χ3n) is 3.31. The van der Waals surface area contributed by atoms with Crippen LogP contribution in [0.25, 0.3) is 0 Å². The van der Waals surface area contributed by atoms with Gasteiger partial charge >= 0.3 is 0 Å². The number of methoxy groups -OCH3 is 1. The van der Waals surface area contributed by atoms with E-state index in [1.807, 2.05) is 0 Å². The fourth-order valence-corrected chi connectivity index (χ4v) is 2.22. The first kappa shape index (κ1) is 12.7. The summed E-state index contributed by atoms with van der Waals surface area (Å²) in [6.45, 7) is 0. The normalized spacial score (nSPS) is 23.2. The van der Waals surface area contributed by atoms with E-state index in [1.165, 1.54) is 0 Å².